The number of nitrogens with zero attached hydrogens (tertiary/aromatic N) is 1. The average Bonchev–Trinajstić information content (AvgIpc) is 2.97. The number of H-pyrrole nitrogens is 1. The molecule has 3 aromatic rings. The van der Waals surface area contributed by atoms with Gasteiger partial charge in [0.2, 0.25) is 0 Å². The number of nitrogens with one attached hydrogen (secondary N) is 1. The normalized spacial score (nSPS) is 11.2. The maximum absolute atomic E-state index is 12.1. The Balaban J connectivity index is 1.89. The average molecular weight is 248 g/mol. The third-order valence-electron chi connectivity index (χ3n) is 2.97. The van der Waals surface area contributed by atoms with Crippen LogP contribution in [0.25, 0.3) is 16.8 Å². The van der Waals surface area contributed by atoms with Crippen molar-refractivity contribution in [2.24, 2.45) is 0 Å². The summed E-state index contributed by atoms with van der Waals surface area (Å²) in [6.07, 6.45) is 6.53. The molecular weight excluding hydrogens is 236 g/mol. The Morgan fingerprint density at radius 2 is 1.95 bits per heavy atom. The minimum absolute atomic E-state index is 0.0136. The Hall–Kier alpha value is -2.68. The van der Waals surface area contributed by atoms with E-state index in [1.807, 2.05) is 42.5 Å². The summed E-state index contributed by atoms with van der Waals surface area (Å²) >= 11 is 0. The lowest BCUT2D eigenvalue weighted by Crippen LogP contribution is -1.93. The third-order valence-corrected chi connectivity index (χ3v) is 2.97. The van der Waals surface area contributed by atoms with Gasteiger partial charge in [0.15, 0.2) is 5.78 Å². The smallest absolute Gasteiger partial charge is 0.185 e. The lowest BCUT2D eigenvalue weighted by molar-refractivity contribution is 0.104. The molecule has 1 N–H and O–H groups in total. The first-order valence-electron chi connectivity index (χ1n) is 6.02. The lowest BCUT2D eigenvalue weighted by Gasteiger charge is -2.00. The van der Waals surface area contributed by atoms with Crippen LogP contribution in [0.1, 0.15) is 16.1 Å². The Bertz CT molecular complexity index is 742. The van der Waals surface area contributed by atoms with Crippen LogP contribution in [0.3, 0.4) is 0 Å². The van der Waals surface area contributed by atoms with Gasteiger partial charge in [0.05, 0.1) is 18.2 Å². The summed E-state index contributed by atoms with van der Waals surface area (Å²) in [5, 5.41) is 2.21. The monoisotopic (exact) mass is 248 g/mol. The van der Waals surface area contributed by atoms with Gasteiger partial charge >= 0.3 is 0 Å². The second kappa shape index (κ2) is 4.90. The van der Waals surface area contributed by atoms with Crippen molar-refractivity contribution in [2.45, 2.75) is 0 Å². The van der Waals surface area contributed by atoms with Crippen molar-refractivity contribution in [1.29, 1.82) is 0 Å². The van der Waals surface area contributed by atoms with Gasteiger partial charge in [-0.1, -0.05) is 36.4 Å². The molecule has 3 rings (SSSR count). The maximum atomic E-state index is 12.1. The van der Waals surface area contributed by atoms with Gasteiger partial charge in [-0.05, 0) is 29.0 Å². The second-order valence-electron chi connectivity index (χ2n) is 4.27. The van der Waals surface area contributed by atoms with Gasteiger partial charge in [0, 0.05) is 5.56 Å². The number of benzene rings is 2. The predicted octanol–water partition coefficient (Wildman–Crippen LogP) is 3.46. The predicted molar refractivity (Wildman–Crippen MR) is 75.9 cm³/mol. The van der Waals surface area contributed by atoms with Crippen LogP contribution in [0, 0.1) is 0 Å². The van der Waals surface area contributed by atoms with Crippen LogP contribution in [-0.2, 0) is 0 Å². The summed E-state index contributed by atoms with van der Waals surface area (Å²) in [6.45, 7) is 0. The van der Waals surface area contributed by atoms with Gasteiger partial charge < -0.3 is 4.98 Å². The minimum Gasteiger partial charge on any atom is -0.345 e. The van der Waals surface area contributed by atoms with Crippen LogP contribution in [0.4, 0.5) is 0 Å². The van der Waals surface area contributed by atoms with Gasteiger partial charge in [-0.3, -0.25) is 4.79 Å². The number of hydrogen-bond acceptors (Lipinski definition) is 2. The number of hydrogen-bond donors (Lipinski definition) is 1. The SMILES string of the molecule is O=C(C=Cc1cnc[nH]1)c1ccc2ccccc2c1. The number of rotatable bonds is 3. The molecule has 0 fully saturated rings. The van der Waals surface area contributed by atoms with Gasteiger partial charge in [0.25, 0.3) is 0 Å². The van der Waals surface area contributed by atoms with Crippen LogP contribution in [0.2, 0.25) is 0 Å². The molecule has 92 valence electrons. The number of allylic oxidation sites excluding steroid dienone is 1. The highest BCUT2D eigenvalue weighted by molar-refractivity contribution is 6.08. The van der Waals surface area contributed by atoms with E-state index in [2.05, 4.69) is 9.97 Å². The summed E-state index contributed by atoms with van der Waals surface area (Å²) in [6, 6.07) is 13.7. The number of aromatic nitrogens is 2. The first kappa shape index (κ1) is 11.4. The Morgan fingerprint density at radius 3 is 2.74 bits per heavy atom. The summed E-state index contributed by atoms with van der Waals surface area (Å²) in [4.78, 5) is 18.9. The molecule has 0 spiro atoms. The van der Waals surface area contributed by atoms with E-state index in [0.717, 1.165) is 16.5 Å². The summed E-state index contributed by atoms with van der Waals surface area (Å²) in [7, 11) is 0. The van der Waals surface area contributed by atoms with E-state index in [4.69, 9.17) is 0 Å². The molecular formula is C16H12N2O. The fraction of sp³-hybridized carbons (Fsp3) is 0. The summed E-state index contributed by atoms with van der Waals surface area (Å²) < 4.78 is 0. The number of aromatic amines is 1. The molecule has 0 aliphatic carbocycles. The van der Waals surface area contributed by atoms with Crippen molar-refractivity contribution >= 4 is 22.6 Å². The Morgan fingerprint density at radius 1 is 1.11 bits per heavy atom. The van der Waals surface area contributed by atoms with Gasteiger partial charge in [0.1, 0.15) is 0 Å². The molecule has 0 unspecified atom stereocenters. The molecule has 0 amide bonds. The van der Waals surface area contributed by atoms with E-state index in [9.17, 15) is 4.79 Å². The third kappa shape index (κ3) is 2.45. The molecule has 3 nitrogen and oxygen atoms in total. The number of imidazole rings is 1. The van der Waals surface area contributed by atoms with E-state index >= 15 is 0 Å². The molecule has 19 heavy (non-hydrogen) atoms. The Kier molecular flexibility index (Phi) is 2.94. The highest BCUT2D eigenvalue weighted by Gasteiger charge is 2.02. The first-order chi connectivity index (χ1) is 9.33. The molecule has 0 bridgehead atoms. The van der Waals surface area contributed by atoms with Crippen LogP contribution >= 0.6 is 0 Å². The number of ketones is 1. The second-order valence-corrected chi connectivity index (χ2v) is 4.27. The van der Waals surface area contributed by atoms with E-state index in [-0.39, 0.29) is 5.78 Å². The van der Waals surface area contributed by atoms with Crippen molar-refractivity contribution in [1.82, 2.24) is 9.97 Å². The standard InChI is InChI=1S/C16H12N2O/c19-16(8-7-15-10-17-11-18-15)14-6-5-12-3-1-2-4-13(12)9-14/h1-11H,(H,17,18). The van der Waals surface area contributed by atoms with Gasteiger partial charge in [-0.25, -0.2) is 4.98 Å². The van der Waals surface area contributed by atoms with Crippen molar-refractivity contribution in [3.63, 3.8) is 0 Å². The van der Waals surface area contributed by atoms with Crippen LogP contribution < -0.4 is 0 Å². The van der Waals surface area contributed by atoms with Gasteiger partial charge in [-0.2, -0.15) is 0 Å². The molecule has 0 aliphatic heterocycles. The highest BCUT2D eigenvalue weighted by Crippen LogP contribution is 2.16. The van der Waals surface area contributed by atoms with Gasteiger partial charge in [-0.15, -0.1) is 0 Å². The van der Waals surface area contributed by atoms with Crippen molar-refractivity contribution in [3.05, 3.63) is 72.3 Å². The molecule has 1 heterocycles. The molecule has 1 aromatic heterocycles. The molecule has 0 radical (unpaired) electrons. The fourth-order valence-corrected chi connectivity index (χ4v) is 1.96. The lowest BCUT2D eigenvalue weighted by atomic mass is 10.0. The molecule has 2 aromatic carbocycles. The number of carbonyl (C=O) groups is 1. The highest BCUT2D eigenvalue weighted by atomic mass is 16.1. The van der Waals surface area contributed by atoms with Crippen LogP contribution in [0.5, 0.6) is 0 Å². The Labute approximate surface area is 110 Å². The zero-order valence-corrected chi connectivity index (χ0v) is 10.2. The minimum atomic E-state index is -0.0136. The zero-order chi connectivity index (χ0) is 13.1. The summed E-state index contributed by atoms with van der Waals surface area (Å²) in [5.74, 6) is -0.0136. The molecule has 0 saturated heterocycles. The maximum Gasteiger partial charge on any atom is 0.185 e. The number of carbonyl (C=O) groups excluding carboxylic acids is 1. The molecule has 0 aliphatic rings. The summed E-state index contributed by atoms with van der Waals surface area (Å²) in [5.41, 5.74) is 1.50. The largest absolute Gasteiger partial charge is 0.345 e. The van der Waals surface area contributed by atoms with E-state index in [0.29, 0.717) is 5.56 Å². The van der Waals surface area contributed by atoms with E-state index in [1.165, 1.54) is 0 Å². The zero-order valence-electron chi connectivity index (χ0n) is 10.2. The quantitative estimate of drug-likeness (QED) is 0.570. The van der Waals surface area contributed by atoms with Crippen LogP contribution in [-0.4, -0.2) is 15.8 Å². The topological polar surface area (TPSA) is 45.8 Å². The molecule has 0 saturated carbocycles. The van der Waals surface area contributed by atoms with Crippen molar-refractivity contribution < 1.29 is 4.79 Å². The van der Waals surface area contributed by atoms with E-state index in [1.54, 1.807) is 24.7 Å². The molecule has 3 heteroatoms. The van der Waals surface area contributed by atoms with Crippen molar-refractivity contribution in [3.8, 4) is 0 Å². The van der Waals surface area contributed by atoms with Crippen molar-refractivity contribution in [2.75, 3.05) is 0 Å². The first-order valence-corrected chi connectivity index (χ1v) is 6.02. The number of fused-ring (bicyclic) bond motifs is 1. The van der Waals surface area contributed by atoms with Crippen LogP contribution in [0.15, 0.2) is 61.1 Å². The molecule has 0 atom stereocenters. The fourth-order valence-electron chi connectivity index (χ4n) is 1.96. The van der Waals surface area contributed by atoms with E-state index < -0.39 is 0 Å².